The van der Waals surface area contributed by atoms with Crippen molar-refractivity contribution in [2.24, 2.45) is 0 Å². The molecule has 0 fully saturated rings. The largest absolute Gasteiger partial charge is 0.496 e. The van der Waals surface area contributed by atoms with E-state index in [9.17, 15) is 4.79 Å². The molecule has 1 N–H and O–H groups in total. The maximum Gasteiger partial charge on any atom is 0.234 e. The Labute approximate surface area is 158 Å². The summed E-state index contributed by atoms with van der Waals surface area (Å²) in [4.78, 5) is 14.2. The minimum absolute atomic E-state index is 0.0593. The zero-order chi connectivity index (χ0) is 18.4. The van der Waals surface area contributed by atoms with Gasteiger partial charge in [0.05, 0.1) is 19.7 Å². The zero-order valence-corrected chi connectivity index (χ0v) is 16.1. The quantitative estimate of drug-likeness (QED) is 0.777. The molecule has 6 heteroatoms. The monoisotopic (exact) mass is 380 g/mol. The van der Waals surface area contributed by atoms with Gasteiger partial charge in [0.25, 0.3) is 0 Å². The first-order valence-corrected chi connectivity index (χ1v) is 8.70. The first-order chi connectivity index (χ1) is 11.9. The van der Waals surface area contributed by atoms with Crippen LogP contribution in [-0.4, -0.2) is 31.5 Å². The molecule has 0 bridgehead atoms. The molecule has 0 saturated heterocycles. The first kappa shape index (κ1) is 19.6. The van der Waals surface area contributed by atoms with E-state index in [-0.39, 0.29) is 18.5 Å². The van der Waals surface area contributed by atoms with E-state index >= 15 is 0 Å². The maximum absolute atomic E-state index is 12.3. The van der Waals surface area contributed by atoms with Crippen molar-refractivity contribution in [2.75, 3.05) is 20.7 Å². The van der Waals surface area contributed by atoms with Crippen molar-refractivity contribution in [2.45, 2.75) is 19.5 Å². The van der Waals surface area contributed by atoms with Gasteiger partial charge in [-0.25, -0.2) is 0 Å². The molecule has 2 aromatic carbocycles. The summed E-state index contributed by atoms with van der Waals surface area (Å²) in [6, 6.07) is 12.8. The van der Waals surface area contributed by atoms with Crippen LogP contribution >= 0.6 is 23.2 Å². The molecule has 0 aromatic heterocycles. The van der Waals surface area contributed by atoms with Gasteiger partial charge in [-0.15, -0.1) is 0 Å². The Balaban J connectivity index is 1.93. The fraction of sp³-hybridized carbons (Fsp3) is 0.316. The fourth-order valence-corrected chi connectivity index (χ4v) is 3.00. The number of hydrogen-bond donors (Lipinski definition) is 1. The predicted molar refractivity (Wildman–Crippen MR) is 102 cm³/mol. The van der Waals surface area contributed by atoms with Gasteiger partial charge in [0.1, 0.15) is 5.75 Å². The number of nitrogens with one attached hydrogen (secondary N) is 1. The van der Waals surface area contributed by atoms with Gasteiger partial charge in [0, 0.05) is 22.2 Å². The Bertz CT molecular complexity index is 737. The van der Waals surface area contributed by atoms with E-state index in [1.54, 1.807) is 13.2 Å². The summed E-state index contributed by atoms with van der Waals surface area (Å²) >= 11 is 12.0. The normalized spacial score (nSPS) is 12.1. The summed E-state index contributed by atoms with van der Waals surface area (Å²) in [6.07, 6.45) is 0. The van der Waals surface area contributed by atoms with Crippen LogP contribution in [-0.2, 0) is 11.3 Å². The van der Waals surface area contributed by atoms with Gasteiger partial charge in [-0.2, -0.15) is 0 Å². The van der Waals surface area contributed by atoms with Crippen LogP contribution < -0.4 is 10.1 Å². The summed E-state index contributed by atoms with van der Waals surface area (Å²) in [7, 11) is 3.50. The van der Waals surface area contributed by atoms with Crippen LogP contribution in [0.25, 0.3) is 0 Å². The van der Waals surface area contributed by atoms with Crippen LogP contribution in [0.4, 0.5) is 0 Å². The third-order valence-corrected chi connectivity index (χ3v) is 4.29. The third-order valence-electron chi connectivity index (χ3n) is 3.82. The van der Waals surface area contributed by atoms with E-state index in [4.69, 9.17) is 27.9 Å². The average molecular weight is 381 g/mol. The molecule has 134 valence electrons. The number of rotatable bonds is 7. The summed E-state index contributed by atoms with van der Waals surface area (Å²) in [5, 5.41) is 4.28. The van der Waals surface area contributed by atoms with Gasteiger partial charge in [0.2, 0.25) is 5.91 Å². The molecular weight excluding hydrogens is 359 g/mol. The van der Waals surface area contributed by atoms with Crippen molar-refractivity contribution in [3.05, 3.63) is 63.6 Å². The Hall–Kier alpha value is -1.75. The molecule has 1 amide bonds. The van der Waals surface area contributed by atoms with E-state index in [0.717, 1.165) is 16.9 Å². The molecule has 2 rings (SSSR count). The van der Waals surface area contributed by atoms with Crippen molar-refractivity contribution in [3.63, 3.8) is 0 Å². The van der Waals surface area contributed by atoms with E-state index in [2.05, 4.69) is 5.32 Å². The number of carbonyl (C=O) groups excluding carboxylic acids is 1. The van der Waals surface area contributed by atoms with E-state index in [1.807, 2.05) is 55.3 Å². The lowest BCUT2D eigenvalue weighted by Gasteiger charge is -2.20. The average Bonchev–Trinajstić information content (AvgIpc) is 2.54. The number of carbonyl (C=O) groups is 1. The van der Waals surface area contributed by atoms with Gasteiger partial charge in [-0.3, -0.25) is 9.69 Å². The van der Waals surface area contributed by atoms with Crippen molar-refractivity contribution >= 4 is 29.1 Å². The summed E-state index contributed by atoms with van der Waals surface area (Å²) in [5.74, 6) is 0.694. The summed E-state index contributed by atoms with van der Waals surface area (Å²) in [5.41, 5.74) is 1.91. The van der Waals surface area contributed by atoms with Crippen LogP contribution in [0.5, 0.6) is 5.75 Å². The predicted octanol–water partition coefficient (Wildman–Crippen LogP) is 4.31. The van der Waals surface area contributed by atoms with Crippen molar-refractivity contribution in [1.82, 2.24) is 10.2 Å². The minimum atomic E-state index is -0.111. The number of amides is 1. The molecular formula is C19H22Cl2N2O2. The van der Waals surface area contributed by atoms with Crippen LogP contribution in [0, 0.1) is 0 Å². The highest BCUT2D eigenvalue weighted by molar-refractivity contribution is 6.30. The molecule has 0 aliphatic carbocycles. The van der Waals surface area contributed by atoms with Crippen LogP contribution in [0.3, 0.4) is 0 Å². The van der Waals surface area contributed by atoms with Crippen LogP contribution in [0.15, 0.2) is 42.5 Å². The molecule has 0 aliphatic heterocycles. The van der Waals surface area contributed by atoms with Gasteiger partial charge in [-0.05, 0) is 49.9 Å². The highest BCUT2D eigenvalue weighted by Crippen LogP contribution is 2.23. The number of likely N-dealkylation sites (N-methyl/N-ethyl adjacent to an activating group) is 1. The maximum atomic E-state index is 12.3. The van der Waals surface area contributed by atoms with Crippen molar-refractivity contribution in [3.8, 4) is 5.75 Å². The molecule has 0 saturated carbocycles. The number of hydrogen-bond acceptors (Lipinski definition) is 3. The molecule has 2 aromatic rings. The molecule has 0 spiro atoms. The number of benzene rings is 2. The zero-order valence-electron chi connectivity index (χ0n) is 14.6. The second-order valence-electron chi connectivity index (χ2n) is 5.97. The molecule has 0 heterocycles. The van der Waals surface area contributed by atoms with Gasteiger partial charge >= 0.3 is 0 Å². The lowest BCUT2D eigenvalue weighted by molar-refractivity contribution is -0.122. The van der Waals surface area contributed by atoms with E-state index in [1.165, 1.54) is 0 Å². The Morgan fingerprint density at radius 2 is 1.92 bits per heavy atom. The number of ether oxygens (including phenoxy) is 1. The Morgan fingerprint density at radius 3 is 2.60 bits per heavy atom. The number of halogens is 2. The standard InChI is InChI=1S/C19H22Cl2N2O2/c1-13(14-5-4-6-16(20)9-14)22-19(24)12-23(2)11-15-10-17(21)7-8-18(15)25-3/h4-10,13H,11-12H2,1-3H3,(H,22,24)/t13-/m1/s1. The lowest BCUT2D eigenvalue weighted by atomic mass is 10.1. The van der Waals surface area contributed by atoms with Crippen LogP contribution in [0.1, 0.15) is 24.1 Å². The molecule has 0 radical (unpaired) electrons. The SMILES string of the molecule is COc1ccc(Cl)cc1CN(C)CC(=O)N[C@H](C)c1cccc(Cl)c1. The van der Waals surface area contributed by atoms with E-state index < -0.39 is 0 Å². The van der Waals surface area contributed by atoms with E-state index in [0.29, 0.717) is 16.6 Å². The number of methoxy groups -OCH3 is 1. The highest BCUT2D eigenvalue weighted by Gasteiger charge is 2.14. The molecule has 25 heavy (non-hydrogen) atoms. The molecule has 0 aliphatic rings. The van der Waals surface area contributed by atoms with Gasteiger partial charge in [0.15, 0.2) is 0 Å². The summed E-state index contributed by atoms with van der Waals surface area (Å²) < 4.78 is 5.34. The second-order valence-corrected chi connectivity index (χ2v) is 6.85. The lowest BCUT2D eigenvalue weighted by Crippen LogP contribution is -2.36. The molecule has 1 atom stereocenters. The smallest absolute Gasteiger partial charge is 0.234 e. The molecule has 0 unspecified atom stereocenters. The van der Waals surface area contributed by atoms with Crippen molar-refractivity contribution < 1.29 is 9.53 Å². The van der Waals surface area contributed by atoms with Crippen LogP contribution in [0.2, 0.25) is 10.0 Å². The Morgan fingerprint density at radius 1 is 1.20 bits per heavy atom. The molecule has 4 nitrogen and oxygen atoms in total. The Kier molecular flexibility index (Phi) is 7.12. The summed E-state index contributed by atoms with van der Waals surface area (Å²) in [6.45, 7) is 2.76. The topological polar surface area (TPSA) is 41.6 Å². The van der Waals surface area contributed by atoms with Crippen molar-refractivity contribution in [1.29, 1.82) is 0 Å². The second kappa shape index (κ2) is 9.09. The minimum Gasteiger partial charge on any atom is -0.496 e. The first-order valence-electron chi connectivity index (χ1n) is 7.95. The van der Waals surface area contributed by atoms with Gasteiger partial charge in [-0.1, -0.05) is 35.3 Å². The highest BCUT2D eigenvalue weighted by atomic mass is 35.5. The third kappa shape index (κ3) is 5.92. The van der Waals surface area contributed by atoms with Gasteiger partial charge < -0.3 is 10.1 Å². The number of nitrogens with zero attached hydrogens (tertiary/aromatic N) is 1. The fourth-order valence-electron chi connectivity index (χ4n) is 2.61.